The molecule has 1 aromatic carbocycles. The summed E-state index contributed by atoms with van der Waals surface area (Å²) in [5.41, 5.74) is 8.81. The number of halogens is 1. The van der Waals surface area contributed by atoms with Gasteiger partial charge in [-0.1, -0.05) is 0 Å². The number of aromatic carboxylic acids is 1. The van der Waals surface area contributed by atoms with Gasteiger partial charge in [0.05, 0.1) is 25.3 Å². The zero-order valence-electron chi connectivity index (χ0n) is 18.0. The van der Waals surface area contributed by atoms with Gasteiger partial charge in [0.1, 0.15) is 23.5 Å². The largest absolute Gasteiger partial charge is 0.493 e. The number of carboxylic acids is 1. The van der Waals surface area contributed by atoms with Gasteiger partial charge < -0.3 is 25.6 Å². The standard InChI is InChI=1S/C22H23N5O4S.ClH/c1-30-18-9-16-17(10-19(18)31-2)27(12-25-16)20-4-3-14(22(28)29)21(26-20)24-7-5-15(23)13-6-8-32-11-13;/h3-4,6,8-12,15H,5,7,23H2,1-2H3,(H,24,26)(H,28,29);1H/t15-;/m0./s1. The second kappa shape index (κ2) is 10.5. The zero-order valence-corrected chi connectivity index (χ0v) is 19.7. The molecule has 9 nitrogen and oxygen atoms in total. The summed E-state index contributed by atoms with van der Waals surface area (Å²) in [4.78, 5) is 20.7. The summed E-state index contributed by atoms with van der Waals surface area (Å²) >= 11 is 1.59. The van der Waals surface area contributed by atoms with E-state index in [0.717, 1.165) is 11.1 Å². The van der Waals surface area contributed by atoms with Crippen LogP contribution in [0.3, 0.4) is 0 Å². The Hall–Kier alpha value is -3.34. The van der Waals surface area contributed by atoms with Crippen molar-refractivity contribution in [3.8, 4) is 17.3 Å². The number of nitrogens with two attached hydrogens (primary N) is 1. The molecule has 1 atom stereocenters. The van der Waals surface area contributed by atoms with Crippen LogP contribution in [0, 0.1) is 0 Å². The first-order valence-electron chi connectivity index (χ1n) is 9.87. The molecule has 4 rings (SSSR count). The second-order valence-corrected chi connectivity index (χ2v) is 7.84. The van der Waals surface area contributed by atoms with Crippen molar-refractivity contribution in [2.45, 2.75) is 12.5 Å². The molecule has 0 amide bonds. The normalized spacial score (nSPS) is 11.6. The molecule has 33 heavy (non-hydrogen) atoms. The Balaban J connectivity index is 0.00000306. The summed E-state index contributed by atoms with van der Waals surface area (Å²) in [5.74, 6) is 0.869. The van der Waals surface area contributed by atoms with Gasteiger partial charge in [-0.2, -0.15) is 11.3 Å². The summed E-state index contributed by atoms with van der Waals surface area (Å²) in [6.45, 7) is 0.476. The predicted molar refractivity (Wildman–Crippen MR) is 131 cm³/mol. The van der Waals surface area contributed by atoms with E-state index in [4.69, 9.17) is 15.2 Å². The number of hydrogen-bond acceptors (Lipinski definition) is 8. The number of pyridine rings is 1. The van der Waals surface area contributed by atoms with Crippen molar-refractivity contribution in [1.29, 1.82) is 0 Å². The Morgan fingerprint density at radius 1 is 1.24 bits per heavy atom. The highest BCUT2D eigenvalue weighted by Gasteiger charge is 2.16. The number of carbonyl (C=O) groups is 1. The van der Waals surface area contributed by atoms with Crippen LogP contribution in [-0.2, 0) is 0 Å². The number of nitrogens with one attached hydrogen (secondary N) is 1. The number of methoxy groups -OCH3 is 2. The molecule has 0 fully saturated rings. The molecule has 0 saturated heterocycles. The van der Waals surface area contributed by atoms with Gasteiger partial charge in [-0.25, -0.2) is 14.8 Å². The monoisotopic (exact) mass is 489 g/mol. The van der Waals surface area contributed by atoms with Gasteiger partial charge in [0.15, 0.2) is 11.5 Å². The molecule has 0 aliphatic heterocycles. The highest BCUT2D eigenvalue weighted by atomic mass is 35.5. The van der Waals surface area contributed by atoms with Crippen molar-refractivity contribution >= 4 is 46.6 Å². The topological polar surface area (TPSA) is 125 Å². The SMILES string of the molecule is COc1cc2ncn(-c3ccc(C(=O)O)c(NCC[C@H](N)c4ccsc4)n3)c2cc1OC.Cl. The van der Waals surface area contributed by atoms with Crippen LogP contribution in [0.15, 0.2) is 47.4 Å². The van der Waals surface area contributed by atoms with Crippen LogP contribution in [0.4, 0.5) is 5.82 Å². The number of hydrogen-bond donors (Lipinski definition) is 3. The highest BCUT2D eigenvalue weighted by molar-refractivity contribution is 7.07. The lowest BCUT2D eigenvalue weighted by Crippen LogP contribution is -2.17. The number of imidazole rings is 1. The molecule has 0 aliphatic rings. The van der Waals surface area contributed by atoms with Gasteiger partial charge in [-0.3, -0.25) is 4.57 Å². The van der Waals surface area contributed by atoms with Gasteiger partial charge in [-0.05, 0) is 40.9 Å². The van der Waals surface area contributed by atoms with E-state index in [9.17, 15) is 9.90 Å². The number of carboxylic acid groups (broad SMARTS) is 1. The van der Waals surface area contributed by atoms with E-state index >= 15 is 0 Å². The molecule has 11 heteroatoms. The molecule has 0 saturated carbocycles. The number of fused-ring (bicyclic) bond motifs is 1. The Labute approximate surface area is 200 Å². The number of thiophene rings is 1. The van der Waals surface area contributed by atoms with Crippen molar-refractivity contribution in [3.63, 3.8) is 0 Å². The van der Waals surface area contributed by atoms with E-state index in [2.05, 4.69) is 15.3 Å². The van der Waals surface area contributed by atoms with Crippen LogP contribution in [0.5, 0.6) is 11.5 Å². The molecule has 0 aliphatic carbocycles. The maximum atomic E-state index is 11.7. The number of rotatable bonds is 9. The first kappa shape index (κ1) is 24.3. The molecule has 174 valence electrons. The Bertz CT molecular complexity index is 1250. The minimum atomic E-state index is -1.06. The van der Waals surface area contributed by atoms with Crippen molar-refractivity contribution in [3.05, 3.63) is 58.5 Å². The molecule has 4 N–H and O–H groups in total. The van der Waals surface area contributed by atoms with E-state index in [-0.39, 0.29) is 29.8 Å². The molecular weight excluding hydrogens is 466 g/mol. The summed E-state index contributed by atoms with van der Waals surface area (Å²) in [5, 5.41) is 16.7. The van der Waals surface area contributed by atoms with E-state index in [0.29, 0.717) is 35.8 Å². The molecular formula is C22H24ClN5O4S. The first-order chi connectivity index (χ1) is 15.5. The average molecular weight is 490 g/mol. The van der Waals surface area contributed by atoms with Crippen LogP contribution in [-0.4, -0.2) is 46.4 Å². The Morgan fingerprint density at radius 2 is 2.00 bits per heavy atom. The third-order valence-corrected chi connectivity index (χ3v) is 5.83. The van der Waals surface area contributed by atoms with Gasteiger partial charge in [0.25, 0.3) is 0 Å². The molecule has 0 unspecified atom stereocenters. The number of benzene rings is 1. The fourth-order valence-corrected chi connectivity index (χ4v) is 4.13. The van der Waals surface area contributed by atoms with Crippen LogP contribution >= 0.6 is 23.7 Å². The minimum absolute atomic E-state index is 0. The summed E-state index contributed by atoms with van der Waals surface area (Å²) in [6, 6.07) is 8.61. The second-order valence-electron chi connectivity index (χ2n) is 7.06. The first-order valence-corrected chi connectivity index (χ1v) is 10.8. The van der Waals surface area contributed by atoms with Gasteiger partial charge >= 0.3 is 5.97 Å². The van der Waals surface area contributed by atoms with Crippen LogP contribution in [0.2, 0.25) is 0 Å². The summed E-state index contributed by atoms with van der Waals surface area (Å²) in [7, 11) is 3.13. The number of anilines is 1. The van der Waals surface area contributed by atoms with Crippen molar-refractivity contribution in [2.75, 3.05) is 26.1 Å². The molecule has 3 heterocycles. The highest BCUT2D eigenvalue weighted by Crippen LogP contribution is 2.32. The van der Waals surface area contributed by atoms with Crippen molar-refractivity contribution < 1.29 is 19.4 Å². The maximum Gasteiger partial charge on any atom is 0.339 e. The van der Waals surface area contributed by atoms with Crippen LogP contribution in [0.1, 0.15) is 28.4 Å². The lowest BCUT2D eigenvalue weighted by molar-refractivity contribution is 0.0697. The van der Waals surface area contributed by atoms with E-state index < -0.39 is 5.97 Å². The summed E-state index contributed by atoms with van der Waals surface area (Å²) < 4.78 is 12.5. The zero-order chi connectivity index (χ0) is 22.7. The van der Waals surface area contributed by atoms with Crippen molar-refractivity contribution in [1.82, 2.24) is 14.5 Å². The average Bonchev–Trinajstić information content (AvgIpc) is 3.47. The fourth-order valence-electron chi connectivity index (χ4n) is 3.41. The molecule has 0 spiro atoms. The molecule has 3 aromatic heterocycles. The smallest absolute Gasteiger partial charge is 0.339 e. The number of ether oxygens (including phenoxy) is 2. The van der Waals surface area contributed by atoms with Crippen molar-refractivity contribution in [2.24, 2.45) is 5.73 Å². The Morgan fingerprint density at radius 3 is 2.67 bits per heavy atom. The van der Waals surface area contributed by atoms with E-state index in [1.165, 1.54) is 6.07 Å². The van der Waals surface area contributed by atoms with Gasteiger partial charge in [0, 0.05) is 24.7 Å². The molecule has 4 aromatic rings. The maximum absolute atomic E-state index is 11.7. The number of nitrogens with zero attached hydrogens (tertiary/aromatic N) is 3. The third-order valence-electron chi connectivity index (χ3n) is 5.13. The minimum Gasteiger partial charge on any atom is -0.493 e. The lowest BCUT2D eigenvalue weighted by Gasteiger charge is -2.14. The third kappa shape index (κ3) is 5.03. The van der Waals surface area contributed by atoms with Crippen LogP contribution in [0.25, 0.3) is 16.9 Å². The lowest BCUT2D eigenvalue weighted by atomic mass is 10.1. The van der Waals surface area contributed by atoms with Crippen LogP contribution < -0.4 is 20.5 Å². The fraction of sp³-hybridized carbons (Fsp3) is 0.227. The van der Waals surface area contributed by atoms with Gasteiger partial charge in [-0.15, -0.1) is 12.4 Å². The summed E-state index contributed by atoms with van der Waals surface area (Å²) in [6.07, 6.45) is 2.26. The Kier molecular flexibility index (Phi) is 7.75. The molecule has 0 radical (unpaired) electrons. The van der Waals surface area contributed by atoms with E-state index in [1.807, 2.05) is 16.8 Å². The van der Waals surface area contributed by atoms with E-state index in [1.54, 1.807) is 54.6 Å². The number of aromatic nitrogens is 3. The molecule has 0 bridgehead atoms. The predicted octanol–water partition coefficient (Wildman–Crippen LogP) is 4.12. The quantitative estimate of drug-likeness (QED) is 0.320. The van der Waals surface area contributed by atoms with Gasteiger partial charge in [0.2, 0.25) is 0 Å².